The fourth-order valence-corrected chi connectivity index (χ4v) is 1.52. The van der Waals surface area contributed by atoms with Crippen LogP contribution in [0.15, 0.2) is 23.3 Å². The van der Waals surface area contributed by atoms with Gasteiger partial charge in [-0.2, -0.15) is 0 Å². The Morgan fingerprint density at radius 3 is 1.90 bits per heavy atom. The van der Waals surface area contributed by atoms with Crippen molar-refractivity contribution in [2.75, 3.05) is 13.2 Å². The average Bonchev–Trinajstić information content (AvgIpc) is 2.31. The summed E-state index contributed by atoms with van der Waals surface area (Å²) in [6.45, 7) is 9.95. The van der Waals surface area contributed by atoms with E-state index in [2.05, 4.69) is 19.9 Å². The second kappa shape index (κ2) is 11.0. The molecule has 0 fully saturated rings. The number of hydrogen-bond acceptors (Lipinski definition) is 4. The van der Waals surface area contributed by atoms with E-state index in [0.717, 1.165) is 12.8 Å². The van der Waals surface area contributed by atoms with Crippen molar-refractivity contribution in [2.45, 2.75) is 66.0 Å². The largest absolute Gasteiger partial charge is 0.391 e. The minimum Gasteiger partial charge on any atom is -0.391 e. The Balaban J connectivity index is 4.38. The van der Waals surface area contributed by atoms with E-state index in [1.165, 1.54) is 11.1 Å². The van der Waals surface area contributed by atoms with Crippen LogP contribution >= 0.6 is 0 Å². The third-order valence-electron chi connectivity index (χ3n) is 2.52. The average molecular weight is 286 g/mol. The molecule has 0 aliphatic rings. The summed E-state index contributed by atoms with van der Waals surface area (Å²) < 4.78 is 11.0. The quantitative estimate of drug-likeness (QED) is 0.479. The van der Waals surface area contributed by atoms with E-state index in [0.29, 0.717) is 0 Å². The minimum absolute atomic E-state index is 0.211. The van der Waals surface area contributed by atoms with Crippen LogP contribution in [0.5, 0.6) is 0 Å². The Morgan fingerprint density at radius 2 is 1.50 bits per heavy atom. The maximum absolute atomic E-state index is 9.26. The lowest BCUT2D eigenvalue weighted by molar-refractivity contribution is -0.141. The molecule has 0 spiro atoms. The van der Waals surface area contributed by atoms with Crippen LogP contribution in [0.3, 0.4) is 0 Å². The van der Waals surface area contributed by atoms with Crippen LogP contribution in [0.25, 0.3) is 0 Å². The molecule has 4 heteroatoms. The molecule has 0 heterocycles. The molecule has 0 bridgehead atoms. The van der Waals surface area contributed by atoms with Gasteiger partial charge in [-0.25, -0.2) is 0 Å². The van der Waals surface area contributed by atoms with E-state index < -0.39 is 18.5 Å². The molecule has 20 heavy (non-hydrogen) atoms. The van der Waals surface area contributed by atoms with Gasteiger partial charge in [0, 0.05) is 0 Å². The number of rotatable bonds is 10. The molecule has 0 amide bonds. The summed E-state index contributed by atoms with van der Waals surface area (Å²) in [5.74, 6) is 0. The van der Waals surface area contributed by atoms with Crippen LogP contribution in [0.1, 0.15) is 47.5 Å². The maximum atomic E-state index is 9.26. The number of aliphatic hydroxyl groups excluding tert-OH is 2. The van der Waals surface area contributed by atoms with Gasteiger partial charge in [0.1, 0.15) is 0 Å². The van der Waals surface area contributed by atoms with Crippen LogP contribution < -0.4 is 0 Å². The highest BCUT2D eigenvalue weighted by Gasteiger charge is 2.10. The van der Waals surface area contributed by atoms with Crippen LogP contribution in [0.2, 0.25) is 0 Å². The normalized spacial score (nSPS) is 16.6. The van der Waals surface area contributed by atoms with E-state index in [4.69, 9.17) is 9.47 Å². The Labute approximate surface area is 123 Å². The maximum Gasteiger partial charge on any atom is 0.177 e. The number of hydrogen-bond donors (Lipinski definition) is 2. The summed E-state index contributed by atoms with van der Waals surface area (Å²) in [6.07, 6.45) is 4.44. The van der Waals surface area contributed by atoms with Gasteiger partial charge < -0.3 is 19.7 Å². The Bertz CT molecular complexity index is 290. The smallest absolute Gasteiger partial charge is 0.177 e. The Morgan fingerprint density at radius 1 is 1.00 bits per heavy atom. The van der Waals surface area contributed by atoms with Gasteiger partial charge >= 0.3 is 0 Å². The molecule has 0 aliphatic carbocycles. The molecular formula is C16H30O4. The van der Waals surface area contributed by atoms with E-state index in [9.17, 15) is 10.2 Å². The van der Waals surface area contributed by atoms with E-state index in [-0.39, 0.29) is 13.2 Å². The van der Waals surface area contributed by atoms with Crippen LogP contribution in [-0.4, -0.2) is 41.9 Å². The lowest BCUT2D eigenvalue weighted by Gasteiger charge is -2.18. The highest BCUT2D eigenvalue weighted by Crippen LogP contribution is 2.10. The molecule has 0 aliphatic heterocycles. The highest BCUT2D eigenvalue weighted by atomic mass is 16.7. The molecular weight excluding hydrogens is 256 g/mol. The molecule has 4 nitrogen and oxygen atoms in total. The van der Waals surface area contributed by atoms with Crippen molar-refractivity contribution >= 4 is 0 Å². The number of allylic oxidation sites excluding steroid dienone is 3. The summed E-state index contributed by atoms with van der Waals surface area (Å²) in [6, 6.07) is 0. The molecule has 0 aromatic heterocycles. The predicted octanol–water partition coefficient (Wildman–Crippen LogP) is 2.80. The summed E-state index contributed by atoms with van der Waals surface area (Å²) in [5.41, 5.74) is 2.48. The van der Waals surface area contributed by atoms with Gasteiger partial charge in [0.2, 0.25) is 0 Å². The summed E-state index contributed by atoms with van der Waals surface area (Å²) in [5, 5.41) is 18.5. The zero-order valence-electron chi connectivity index (χ0n) is 13.4. The van der Waals surface area contributed by atoms with Gasteiger partial charge in [0.05, 0.1) is 25.4 Å². The molecule has 0 saturated carbocycles. The monoisotopic (exact) mass is 286 g/mol. The van der Waals surface area contributed by atoms with Gasteiger partial charge in [0.15, 0.2) is 6.29 Å². The van der Waals surface area contributed by atoms with Crippen molar-refractivity contribution in [3.05, 3.63) is 23.3 Å². The van der Waals surface area contributed by atoms with E-state index in [1.54, 1.807) is 13.8 Å². The molecule has 0 aromatic carbocycles. The fourth-order valence-electron chi connectivity index (χ4n) is 1.52. The Hall–Kier alpha value is -0.680. The topological polar surface area (TPSA) is 58.9 Å². The summed E-state index contributed by atoms with van der Waals surface area (Å²) >= 11 is 0. The summed E-state index contributed by atoms with van der Waals surface area (Å²) in [7, 11) is 0. The highest BCUT2D eigenvalue weighted by molar-refractivity contribution is 5.03. The number of ether oxygens (including phenoxy) is 2. The van der Waals surface area contributed by atoms with Crippen molar-refractivity contribution in [1.82, 2.24) is 0 Å². The third kappa shape index (κ3) is 12.4. The zero-order chi connectivity index (χ0) is 15.5. The van der Waals surface area contributed by atoms with E-state index in [1.807, 2.05) is 13.0 Å². The van der Waals surface area contributed by atoms with Crippen LogP contribution in [0.4, 0.5) is 0 Å². The van der Waals surface area contributed by atoms with Crippen molar-refractivity contribution in [3.63, 3.8) is 0 Å². The van der Waals surface area contributed by atoms with Gasteiger partial charge in [0.25, 0.3) is 0 Å². The predicted molar refractivity (Wildman–Crippen MR) is 81.5 cm³/mol. The van der Waals surface area contributed by atoms with Gasteiger partial charge in [-0.3, -0.25) is 0 Å². The summed E-state index contributed by atoms with van der Waals surface area (Å²) in [4.78, 5) is 0. The molecule has 2 atom stereocenters. The van der Waals surface area contributed by atoms with Crippen LogP contribution in [0, 0.1) is 0 Å². The number of aliphatic hydroxyl groups is 2. The van der Waals surface area contributed by atoms with E-state index >= 15 is 0 Å². The lowest BCUT2D eigenvalue weighted by Crippen LogP contribution is -2.24. The first kappa shape index (κ1) is 19.3. The fraction of sp³-hybridized carbons (Fsp3) is 0.750. The molecule has 2 N–H and O–H groups in total. The first-order chi connectivity index (χ1) is 9.31. The minimum atomic E-state index is -0.535. The first-order valence-corrected chi connectivity index (χ1v) is 7.21. The Kier molecular flexibility index (Phi) is 10.7. The lowest BCUT2D eigenvalue weighted by atomic mass is 10.1. The molecule has 118 valence electrons. The first-order valence-electron chi connectivity index (χ1n) is 7.21. The molecule has 0 rings (SSSR count). The van der Waals surface area contributed by atoms with Crippen molar-refractivity contribution in [2.24, 2.45) is 0 Å². The van der Waals surface area contributed by atoms with Gasteiger partial charge in [-0.15, -0.1) is 0 Å². The standard InChI is InChI=1S/C16H30O4/c1-12(2)7-6-8-13(3)9-16(19-10-14(4)17)20-11-15(5)18/h7,9,14-18H,6,8,10-11H2,1-5H3/b13-9+. The molecule has 2 unspecified atom stereocenters. The molecule has 0 saturated heterocycles. The SMILES string of the molecule is CC(C)=CCC/C(C)=C/C(OCC(C)O)OCC(C)O. The molecule has 0 radical (unpaired) electrons. The van der Waals surface area contributed by atoms with Gasteiger partial charge in [-0.1, -0.05) is 17.2 Å². The van der Waals surface area contributed by atoms with Gasteiger partial charge in [-0.05, 0) is 53.5 Å². The second-order valence-corrected chi connectivity index (χ2v) is 5.57. The van der Waals surface area contributed by atoms with Crippen LogP contribution in [-0.2, 0) is 9.47 Å². The van der Waals surface area contributed by atoms with Crippen molar-refractivity contribution < 1.29 is 19.7 Å². The van der Waals surface area contributed by atoms with Crippen molar-refractivity contribution in [1.29, 1.82) is 0 Å². The zero-order valence-corrected chi connectivity index (χ0v) is 13.4. The second-order valence-electron chi connectivity index (χ2n) is 5.57. The third-order valence-corrected chi connectivity index (χ3v) is 2.52. The molecule has 0 aromatic rings. The van der Waals surface area contributed by atoms with Crippen molar-refractivity contribution in [3.8, 4) is 0 Å².